The standard InChI is InChI=1S/C12H18O4/c1-7-9(5-4-6-10(7)14)11(8(2)13)12(15)16-3/h9,11,14H,4-6H2,1-3H3/p-1. The molecule has 16 heavy (non-hydrogen) atoms. The zero-order valence-electron chi connectivity index (χ0n) is 9.91. The second-order valence-corrected chi connectivity index (χ2v) is 4.22. The van der Waals surface area contributed by atoms with Gasteiger partial charge in [0.05, 0.1) is 7.11 Å². The van der Waals surface area contributed by atoms with E-state index in [1.165, 1.54) is 14.0 Å². The lowest BCUT2D eigenvalue weighted by Crippen LogP contribution is -2.34. The van der Waals surface area contributed by atoms with Gasteiger partial charge >= 0.3 is 5.97 Å². The number of hydrogen-bond donors (Lipinski definition) is 0. The number of rotatable bonds is 3. The molecule has 0 bridgehead atoms. The lowest BCUT2D eigenvalue weighted by Gasteiger charge is -2.32. The molecule has 2 atom stereocenters. The summed E-state index contributed by atoms with van der Waals surface area (Å²) in [4.78, 5) is 23.0. The number of allylic oxidation sites excluding steroid dienone is 2. The van der Waals surface area contributed by atoms with E-state index in [0.29, 0.717) is 18.4 Å². The molecule has 0 saturated carbocycles. The SMILES string of the molecule is COC(=O)C(C(C)=O)C1CCCC([O-])=C1C. The molecule has 4 nitrogen and oxygen atoms in total. The van der Waals surface area contributed by atoms with Crippen LogP contribution in [0.4, 0.5) is 0 Å². The third kappa shape index (κ3) is 2.43. The van der Waals surface area contributed by atoms with Crippen molar-refractivity contribution >= 4 is 11.8 Å². The van der Waals surface area contributed by atoms with Crippen LogP contribution in [0.25, 0.3) is 0 Å². The van der Waals surface area contributed by atoms with Crippen molar-refractivity contribution in [3.8, 4) is 0 Å². The second kappa shape index (κ2) is 5.14. The van der Waals surface area contributed by atoms with E-state index in [2.05, 4.69) is 4.74 Å². The molecule has 0 aromatic rings. The van der Waals surface area contributed by atoms with Crippen LogP contribution >= 0.6 is 0 Å². The summed E-state index contributed by atoms with van der Waals surface area (Å²) in [5, 5.41) is 11.5. The monoisotopic (exact) mass is 225 g/mol. The van der Waals surface area contributed by atoms with Crippen LogP contribution in [0.15, 0.2) is 11.3 Å². The molecule has 0 radical (unpaired) electrons. The summed E-state index contributed by atoms with van der Waals surface area (Å²) in [5.74, 6) is -1.79. The highest BCUT2D eigenvalue weighted by molar-refractivity contribution is 5.98. The van der Waals surface area contributed by atoms with Crippen LogP contribution in [0.5, 0.6) is 0 Å². The van der Waals surface area contributed by atoms with Gasteiger partial charge in [-0.3, -0.25) is 9.59 Å². The number of carbonyl (C=O) groups is 2. The average Bonchev–Trinajstić information content (AvgIpc) is 2.24. The molecule has 0 aliphatic heterocycles. The van der Waals surface area contributed by atoms with Crippen LogP contribution in [0.3, 0.4) is 0 Å². The quantitative estimate of drug-likeness (QED) is 0.526. The predicted octanol–water partition coefficient (Wildman–Crippen LogP) is 0.799. The van der Waals surface area contributed by atoms with E-state index < -0.39 is 11.9 Å². The molecule has 0 spiro atoms. The summed E-state index contributed by atoms with van der Waals surface area (Å²) in [6.07, 6.45) is 1.96. The first-order valence-corrected chi connectivity index (χ1v) is 5.44. The van der Waals surface area contributed by atoms with E-state index in [-0.39, 0.29) is 17.5 Å². The van der Waals surface area contributed by atoms with Crippen molar-refractivity contribution in [2.24, 2.45) is 11.8 Å². The first-order chi connectivity index (χ1) is 7.49. The molecular weight excluding hydrogens is 208 g/mol. The Morgan fingerprint density at radius 3 is 2.62 bits per heavy atom. The molecule has 90 valence electrons. The number of ketones is 1. The maximum absolute atomic E-state index is 11.5. The van der Waals surface area contributed by atoms with Crippen molar-refractivity contribution < 1.29 is 19.4 Å². The Morgan fingerprint density at radius 1 is 1.50 bits per heavy atom. The lowest BCUT2D eigenvalue weighted by atomic mass is 9.77. The molecular formula is C12H17O4-. The van der Waals surface area contributed by atoms with Crippen LogP contribution in [0, 0.1) is 11.8 Å². The highest BCUT2D eigenvalue weighted by Crippen LogP contribution is 2.34. The van der Waals surface area contributed by atoms with Crippen LogP contribution < -0.4 is 5.11 Å². The first kappa shape index (κ1) is 12.7. The van der Waals surface area contributed by atoms with Gasteiger partial charge in [-0.05, 0) is 39.0 Å². The highest BCUT2D eigenvalue weighted by Gasteiger charge is 2.35. The maximum Gasteiger partial charge on any atom is 0.316 e. The van der Waals surface area contributed by atoms with Gasteiger partial charge in [-0.1, -0.05) is 5.57 Å². The molecule has 0 aromatic heterocycles. The van der Waals surface area contributed by atoms with Crippen LogP contribution in [-0.4, -0.2) is 18.9 Å². The number of hydrogen-bond acceptors (Lipinski definition) is 4. The topological polar surface area (TPSA) is 66.4 Å². The zero-order valence-corrected chi connectivity index (χ0v) is 9.91. The number of methoxy groups -OCH3 is 1. The Balaban J connectivity index is 2.99. The van der Waals surface area contributed by atoms with Crippen molar-refractivity contribution in [3.05, 3.63) is 11.3 Å². The molecule has 0 N–H and O–H groups in total. The summed E-state index contributed by atoms with van der Waals surface area (Å²) < 4.78 is 4.63. The second-order valence-electron chi connectivity index (χ2n) is 4.22. The maximum atomic E-state index is 11.5. The molecule has 0 heterocycles. The van der Waals surface area contributed by atoms with Crippen LogP contribution in [-0.2, 0) is 14.3 Å². The summed E-state index contributed by atoms with van der Waals surface area (Å²) in [6, 6.07) is 0. The van der Waals surface area contributed by atoms with Crippen molar-refractivity contribution in [1.29, 1.82) is 0 Å². The highest BCUT2D eigenvalue weighted by atomic mass is 16.5. The number of Topliss-reactive ketones (excluding diaryl/α,β-unsaturated/α-hetero) is 1. The van der Waals surface area contributed by atoms with Crippen molar-refractivity contribution in [2.45, 2.75) is 33.1 Å². The fourth-order valence-corrected chi connectivity index (χ4v) is 2.26. The van der Waals surface area contributed by atoms with E-state index in [4.69, 9.17) is 0 Å². The number of ether oxygens (including phenoxy) is 1. The minimum atomic E-state index is -0.811. The van der Waals surface area contributed by atoms with Gasteiger partial charge in [-0.15, -0.1) is 5.76 Å². The van der Waals surface area contributed by atoms with Crippen molar-refractivity contribution in [2.75, 3.05) is 7.11 Å². The fourth-order valence-electron chi connectivity index (χ4n) is 2.26. The predicted molar refractivity (Wildman–Crippen MR) is 56.2 cm³/mol. The Hall–Kier alpha value is -1.32. The molecule has 1 aliphatic rings. The van der Waals surface area contributed by atoms with Gasteiger partial charge in [0.2, 0.25) is 0 Å². The molecule has 1 rings (SSSR count). The Labute approximate surface area is 95.3 Å². The minimum Gasteiger partial charge on any atom is -0.875 e. The summed E-state index contributed by atoms with van der Waals surface area (Å²) in [7, 11) is 1.26. The third-order valence-electron chi connectivity index (χ3n) is 3.21. The molecule has 0 aromatic carbocycles. The van der Waals surface area contributed by atoms with Gasteiger partial charge in [0.15, 0.2) is 0 Å². The average molecular weight is 225 g/mol. The summed E-state index contributed by atoms with van der Waals surface area (Å²) in [5.41, 5.74) is 0.636. The van der Waals surface area contributed by atoms with E-state index in [1.807, 2.05) is 0 Å². The number of esters is 1. The van der Waals surface area contributed by atoms with Gasteiger partial charge in [-0.2, -0.15) is 0 Å². The Kier molecular flexibility index (Phi) is 4.10. The Morgan fingerprint density at radius 2 is 2.12 bits per heavy atom. The summed E-state index contributed by atoms with van der Waals surface area (Å²) >= 11 is 0. The molecule has 4 heteroatoms. The molecule has 0 fully saturated rings. The van der Waals surface area contributed by atoms with Crippen molar-refractivity contribution in [3.63, 3.8) is 0 Å². The van der Waals surface area contributed by atoms with E-state index in [9.17, 15) is 14.7 Å². The van der Waals surface area contributed by atoms with E-state index in [0.717, 1.165) is 6.42 Å². The van der Waals surface area contributed by atoms with E-state index >= 15 is 0 Å². The summed E-state index contributed by atoms with van der Waals surface area (Å²) in [6.45, 7) is 3.08. The Bertz CT molecular complexity index is 330. The smallest absolute Gasteiger partial charge is 0.316 e. The van der Waals surface area contributed by atoms with Gasteiger partial charge < -0.3 is 9.84 Å². The largest absolute Gasteiger partial charge is 0.875 e. The van der Waals surface area contributed by atoms with Crippen molar-refractivity contribution in [1.82, 2.24) is 0 Å². The zero-order chi connectivity index (χ0) is 12.3. The lowest BCUT2D eigenvalue weighted by molar-refractivity contribution is -0.310. The van der Waals surface area contributed by atoms with Gasteiger partial charge in [0.25, 0.3) is 0 Å². The first-order valence-electron chi connectivity index (χ1n) is 5.44. The molecule has 0 saturated heterocycles. The van der Waals surface area contributed by atoms with Gasteiger partial charge in [0, 0.05) is 0 Å². The molecule has 2 unspecified atom stereocenters. The van der Waals surface area contributed by atoms with E-state index in [1.54, 1.807) is 6.92 Å². The van der Waals surface area contributed by atoms with Gasteiger partial charge in [0.1, 0.15) is 11.7 Å². The fraction of sp³-hybridized carbons (Fsp3) is 0.667. The van der Waals surface area contributed by atoms with Crippen LogP contribution in [0.2, 0.25) is 0 Å². The normalized spacial score (nSPS) is 22.8. The minimum absolute atomic E-state index is 0.0615. The van der Waals surface area contributed by atoms with Crippen LogP contribution in [0.1, 0.15) is 33.1 Å². The van der Waals surface area contributed by atoms with Gasteiger partial charge in [-0.25, -0.2) is 0 Å². The molecule has 1 aliphatic carbocycles. The number of carbonyl (C=O) groups excluding carboxylic acids is 2. The third-order valence-corrected chi connectivity index (χ3v) is 3.21. The molecule has 0 amide bonds.